The maximum absolute atomic E-state index is 13.3. The topological polar surface area (TPSA) is 210 Å². The number of amides is 1. The van der Waals surface area contributed by atoms with Gasteiger partial charge in [0.15, 0.2) is 0 Å². The van der Waals surface area contributed by atoms with Crippen molar-refractivity contribution in [3.05, 3.63) is 31.5 Å². The number of nitrogens with zero attached hydrogens (tertiary/aromatic N) is 6. The monoisotopic (exact) mass is 709 g/mol. The maximum Gasteiger partial charge on any atom is 0.336 e. The van der Waals surface area contributed by atoms with E-state index in [9.17, 15) is 32.1 Å². The Morgan fingerprint density at radius 1 is 0.694 bits per heavy atom. The van der Waals surface area contributed by atoms with E-state index >= 15 is 0 Å². The third kappa shape index (κ3) is 16.1. The van der Waals surface area contributed by atoms with Gasteiger partial charge in [0.05, 0.1) is 10.1 Å². The minimum absolute atomic E-state index is 0.0161. The SMILES string of the molecule is N#COCCCCCCn1c(=O)n(CCCCCCCC(=O)N(CCCS(=O)(=O)[O-])C2CCCCC2)c(=O)n(CCCCCOC#N)c1=O. The normalized spacial score (nSPS) is 13.4. The molecule has 49 heavy (non-hydrogen) atoms. The summed E-state index contributed by atoms with van der Waals surface area (Å²) in [5.74, 6) is -0.494. The quantitative estimate of drug-likeness (QED) is 0.0774. The Bertz CT molecular complexity index is 1500. The molecule has 0 aromatic carbocycles. The summed E-state index contributed by atoms with van der Waals surface area (Å²) in [6.45, 7) is 1.33. The van der Waals surface area contributed by atoms with Crippen LogP contribution in [0.4, 0.5) is 0 Å². The highest BCUT2D eigenvalue weighted by Crippen LogP contribution is 2.24. The molecule has 1 aliphatic rings. The van der Waals surface area contributed by atoms with E-state index in [-0.39, 0.29) is 51.2 Å². The Morgan fingerprint density at radius 3 is 1.59 bits per heavy atom. The van der Waals surface area contributed by atoms with Crippen molar-refractivity contribution in [2.75, 3.05) is 25.5 Å². The van der Waals surface area contributed by atoms with Crippen molar-refractivity contribution in [3.63, 3.8) is 0 Å². The summed E-state index contributed by atoms with van der Waals surface area (Å²) in [5, 5.41) is 17.0. The molecule has 0 bridgehead atoms. The van der Waals surface area contributed by atoms with Crippen molar-refractivity contribution in [1.82, 2.24) is 18.6 Å². The zero-order chi connectivity index (χ0) is 35.9. The van der Waals surface area contributed by atoms with Crippen molar-refractivity contribution >= 4 is 16.0 Å². The Morgan fingerprint density at radius 2 is 1.12 bits per heavy atom. The molecule has 0 saturated heterocycles. The van der Waals surface area contributed by atoms with Gasteiger partial charge in [-0.1, -0.05) is 44.9 Å². The van der Waals surface area contributed by atoms with Gasteiger partial charge in [-0.15, -0.1) is 0 Å². The maximum atomic E-state index is 13.3. The average molecular weight is 710 g/mol. The number of ether oxygens (including phenoxy) is 2. The molecule has 2 rings (SSSR count). The molecular weight excluding hydrogens is 656 g/mol. The molecule has 1 saturated carbocycles. The van der Waals surface area contributed by atoms with Crippen LogP contribution in [0.1, 0.15) is 122 Å². The summed E-state index contributed by atoms with van der Waals surface area (Å²) in [6, 6.07) is 0.0860. The number of unbranched alkanes of at least 4 members (excludes halogenated alkanes) is 9. The van der Waals surface area contributed by atoms with Gasteiger partial charge in [0, 0.05) is 44.4 Å². The van der Waals surface area contributed by atoms with Crippen LogP contribution in [-0.4, -0.2) is 69.0 Å². The summed E-state index contributed by atoms with van der Waals surface area (Å²) < 4.78 is 45.9. The standard InChI is InChI=1S/C33H54N6O9S/c34-27-47-24-14-5-4-12-21-38-31(41)37(32(42)39(33(38)43)22-13-7-15-25-48-28-35)20-11-3-1-2-10-19-30(40)36(23-16-26-49(44,45)46)29-17-8-6-9-18-29/h29H,1-26H2,(H,44,45,46)/p-1. The first-order valence-corrected chi connectivity index (χ1v) is 19.4. The van der Waals surface area contributed by atoms with E-state index in [0.29, 0.717) is 58.0 Å². The Labute approximate surface area is 289 Å². The number of carbonyl (C=O) groups is 1. The summed E-state index contributed by atoms with van der Waals surface area (Å²) >= 11 is 0. The molecule has 1 heterocycles. The molecule has 0 N–H and O–H groups in total. The first-order chi connectivity index (χ1) is 23.6. The molecule has 1 fully saturated rings. The highest BCUT2D eigenvalue weighted by molar-refractivity contribution is 7.85. The predicted octanol–water partition coefficient (Wildman–Crippen LogP) is 3.33. The number of carbonyl (C=O) groups excluding carboxylic acids is 1. The second-order valence-electron chi connectivity index (χ2n) is 12.7. The van der Waals surface area contributed by atoms with Crippen molar-refractivity contribution in [1.29, 1.82) is 10.5 Å². The van der Waals surface area contributed by atoms with E-state index in [1.165, 1.54) is 0 Å². The van der Waals surface area contributed by atoms with E-state index in [1.807, 2.05) is 0 Å². The van der Waals surface area contributed by atoms with Crippen LogP contribution in [0.5, 0.6) is 0 Å². The minimum atomic E-state index is -4.33. The van der Waals surface area contributed by atoms with Crippen LogP contribution in [0.15, 0.2) is 14.4 Å². The van der Waals surface area contributed by atoms with E-state index in [1.54, 1.807) is 17.4 Å². The first kappa shape index (κ1) is 41.5. The molecular formula is C33H53N6O9S-. The van der Waals surface area contributed by atoms with Gasteiger partial charge >= 0.3 is 17.1 Å². The number of hydrogen-bond donors (Lipinski definition) is 0. The average Bonchev–Trinajstić information content (AvgIpc) is 3.07. The van der Waals surface area contributed by atoms with Crippen LogP contribution in [0.25, 0.3) is 0 Å². The Kier molecular flexibility index (Phi) is 20.1. The lowest BCUT2D eigenvalue weighted by Crippen LogP contribution is -2.54. The largest absolute Gasteiger partial charge is 0.748 e. The van der Waals surface area contributed by atoms with Crippen molar-refractivity contribution < 1.29 is 27.2 Å². The Hall–Kier alpha value is -3.63. The fourth-order valence-electron chi connectivity index (χ4n) is 6.30. The lowest BCUT2D eigenvalue weighted by molar-refractivity contribution is -0.134. The summed E-state index contributed by atoms with van der Waals surface area (Å²) in [7, 11) is -4.33. The zero-order valence-corrected chi connectivity index (χ0v) is 29.5. The number of nitriles is 2. The number of aromatic nitrogens is 3. The van der Waals surface area contributed by atoms with Gasteiger partial charge in [-0.05, 0) is 70.6 Å². The van der Waals surface area contributed by atoms with E-state index in [4.69, 9.17) is 10.5 Å². The molecule has 0 atom stereocenters. The molecule has 0 radical (unpaired) electrons. The van der Waals surface area contributed by atoms with Gasteiger partial charge in [0.25, 0.3) is 12.5 Å². The lowest BCUT2D eigenvalue weighted by atomic mass is 9.93. The molecule has 1 aromatic heterocycles. The zero-order valence-electron chi connectivity index (χ0n) is 28.7. The third-order valence-corrected chi connectivity index (χ3v) is 9.71. The third-order valence-electron chi connectivity index (χ3n) is 8.92. The van der Waals surface area contributed by atoms with Gasteiger partial charge in [0.2, 0.25) is 5.91 Å². The van der Waals surface area contributed by atoms with Gasteiger partial charge in [0.1, 0.15) is 13.2 Å². The van der Waals surface area contributed by atoms with Gasteiger partial charge in [-0.3, -0.25) is 4.79 Å². The fraction of sp³-hybridized carbons (Fsp3) is 0.818. The molecule has 1 amide bonds. The van der Waals surface area contributed by atoms with E-state index in [0.717, 1.165) is 77.9 Å². The lowest BCUT2D eigenvalue weighted by Gasteiger charge is -2.34. The highest BCUT2D eigenvalue weighted by Gasteiger charge is 2.25. The van der Waals surface area contributed by atoms with Crippen molar-refractivity contribution in [2.24, 2.45) is 0 Å². The van der Waals surface area contributed by atoms with Crippen LogP contribution in [0, 0.1) is 23.0 Å². The van der Waals surface area contributed by atoms with Gasteiger partial charge in [-0.2, -0.15) is 10.5 Å². The smallest absolute Gasteiger partial charge is 0.336 e. The van der Waals surface area contributed by atoms with Crippen LogP contribution < -0.4 is 17.1 Å². The second-order valence-corrected chi connectivity index (χ2v) is 14.2. The van der Waals surface area contributed by atoms with Crippen LogP contribution in [0.3, 0.4) is 0 Å². The molecule has 1 aliphatic carbocycles. The molecule has 15 nitrogen and oxygen atoms in total. The molecule has 0 unspecified atom stereocenters. The highest BCUT2D eigenvalue weighted by atomic mass is 32.2. The van der Waals surface area contributed by atoms with Crippen molar-refractivity contribution in [2.45, 2.75) is 148 Å². The van der Waals surface area contributed by atoms with Crippen LogP contribution in [0.2, 0.25) is 0 Å². The van der Waals surface area contributed by atoms with Crippen LogP contribution >= 0.6 is 0 Å². The molecule has 0 spiro atoms. The summed E-state index contributed by atoms with van der Waals surface area (Å²) in [4.78, 5) is 54.7. The van der Waals surface area contributed by atoms with E-state index in [2.05, 4.69) is 9.47 Å². The van der Waals surface area contributed by atoms with Gasteiger partial charge < -0.3 is 18.9 Å². The summed E-state index contributed by atoms with van der Waals surface area (Å²) in [6.07, 6.45) is 16.6. The molecule has 16 heteroatoms. The van der Waals surface area contributed by atoms with Crippen LogP contribution in [-0.2, 0) is 44.0 Å². The fourth-order valence-corrected chi connectivity index (χ4v) is 6.78. The predicted molar refractivity (Wildman–Crippen MR) is 180 cm³/mol. The second kappa shape index (κ2) is 23.7. The minimum Gasteiger partial charge on any atom is -0.748 e. The first-order valence-electron chi connectivity index (χ1n) is 17.8. The summed E-state index contributed by atoms with van der Waals surface area (Å²) in [5.41, 5.74) is -1.89. The number of hydrogen-bond acceptors (Lipinski definition) is 11. The Balaban J connectivity index is 1.94. The van der Waals surface area contributed by atoms with Crippen molar-refractivity contribution in [3.8, 4) is 12.5 Å². The molecule has 276 valence electrons. The molecule has 0 aliphatic heterocycles. The van der Waals surface area contributed by atoms with E-state index < -0.39 is 32.9 Å². The number of rotatable bonds is 26. The molecule has 1 aromatic rings. The van der Waals surface area contributed by atoms with Gasteiger partial charge in [-0.25, -0.2) is 36.5 Å².